The van der Waals surface area contributed by atoms with Gasteiger partial charge in [-0.25, -0.2) is 14.8 Å². The molecule has 9 nitrogen and oxygen atoms in total. The molecule has 1 aromatic carbocycles. The molecule has 0 aliphatic carbocycles. The van der Waals surface area contributed by atoms with Crippen LogP contribution in [0.4, 0.5) is 0 Å². The second-order valence-corrected chi connectivity index (χ2v) is 8.59. The van der Waals surface area contributed by atoms with Crippen molar-refractivity contribution in [1.82, 2.24) is 25.8 Å². The molecule has 3 N–H and O–H groups in total. The molecule has 0 bridgehead atoms. The first-order chi connectivity index (χ1) is 16.2. The van der Waals surface area contributed by atoms with Crippen molar-refractivity contribution >= 4 is 29.5 Å². The van der Waals surface area contributed by atoms with Gasteiger partial charge in [0.25, 0.3) is 11.8 Å². The summed E-state index contributed by atoms with van der Waals surface area (Å²) >= 11 is 1.52. The zero-order valence-corrected chi connectivity index (χ0v) is 20.6. The van der Waals surface area contributed by atoms with E-state index in [4.69, 9.17) is 4.74 Å². The van der Waals surface area contributed by atoms with Crippen LogP contribution in [0.5, 0.6) is 0 Å². The molecule has 2 amide bonds. The smallest absolute Gasteiger partial charge is 0.339 e. The van der Waals surface area contributed by atoms with Crippen LogP contribution in [0.2, 0.25) is 0 Å². The maximum Gasteiger partial charge on any atom is 0.339 e. The average Bonchev–Trinajstić information content (AvgIpc) is 3.16. The van der Waals surface area contributed by atoms with Gasteiger partial charge in [-0.3, -0.25) is 20.4 Å². The Hall–Kier alpha value is -3.66. The van der Waals surface area contributed by atoms with Gasteiger partial charge >= 0.3 is 5.97 Å². The molecule has 0 radical (unpaired) electrons. The molecule has 0 aliphatic heterocycles. The predicted molar refractivity (Wildman–Crippen MR) is 129 cm³/mol. The number of nitrogens with one attached hydrogen (secondary N) is 3. The van der Waals surface area contributed by atoms with Crippen LogP contribution in [0.3, 0.4) is 0 Å². The molecule has 0 atom stereocenters. The first-order valence-electron chi connectivity index (χ1n) is 10.7. The molecule has 0 unspecified atom stereocenters. The second-order valence-electron chi connectivity index (χ2n) is 7.65. The van der Waals surface area contributed by atoms with Gasteiger partial charge < -0.3 is 9.72 Å². The van der Waals surface area contributed by atoms with Gasteiger partial charge in [0.1, 0.15) is 5.69 Å². The molecule has 178 valence electrons. The highest BCUT2D eigenvalue weighted by Crippen LogP contribution is 2.21. The topological polar surface area (TPSA) is 126 Å². The molecule has 0 saturated heterocycles. The molecule has 34 heavy (non-hydrogen) atoms. The Bertz CT molecular complexity index is 1200. The summed E-state index contributed by atoms with van der Waals surface area (Å²) in [5, 5.41) is 0.711. The van der Waals surface area contributed by atoms with Crippen LogP contribution < -0.4 is 10.9 Å². The summed E-state index contributed by atoms with van der Waals surface area (Å²) in [5.41, 5.74) is 9.63. The number of hydrogen-bond donors (Lipinski definition) is 3. The van der Waals surface area contributed by atoms with Gasteiger partial charge in [0, 0.05) is 28.4 Å². The number of nitrogens with zero attached hydrogens (tertiary/aromatic N) is 2. The lowest BCUT2D eigenvalue weighted by Gasteiger charge is -2.08. The largest absolute Gasteiger partial charge is 0.465 e. The van der Waals surface area contributed by atoms with Gasteiger partial charge in [-0.05, 0) is 56.5 Å². The van der Waals surface area contributed by atoms with Gasteiger partial charge in [-0.2, -0.15) is 0 Å². The summed E-state index contributed by atoms with van der Waals surface area (Å²) in [6, 6.07) is 8.98. The molecule has 0 saturated carbocycles. The Balaban J connectivity index is 1.59. The standard InChI is InChI=1S/C24H27N5O4S/c1-6-18-19(23(32)33-5)15(4)20(27-18)22(31)29-28-21(30)17-9-7-16(8-10-17)12-34-24-25-13(2)11-14(3)26-24/h7-11,27H,6,12H2,1-5H3,(H,28,30)(H,29,31). The van der Waals surface area contributed by atoms with Crippen LogP contribution in [0.15, 0.2) is 35.5 Å². The van der Waals surface area contributed by atoms with E-state index in [0.717, 1.165) is 17.0 Å². The fraction of sp³-hybridized carbons (Fsp3) is 0.292. The van der Waals surface area contributed by atoms with E-state index in [0.29, 0.717) is 39.7 Å². The highest BCUT2D eigenvalue weighted by molar-refractivity contribution is 7.98. The van der Waals surface area contributed by atoms with E-state index in [1.807, 2.05) is 39.0 Å². The Labute approximate surface area is 202 Å². The number of methoxy groups -OCH3 is 1. The van der Waals surface area contributed by atoms with E-state index in [-0.39, 0.29) is 5.69 Å². The molecule has 0 spiro atoms. The van der Waals surface area contributed by atoms with Crippen molar-refractivity contribution in [3.05, 3.63) is 75.4 Å². The number of aromatic nitrogens is 3. The molecule has 3 rings (SSSR count). The minimum Gasteiger partial charge on any atom is -0.465 e. The zero-order valence-electron chi connectivity index (χ0n) is 19.7. The minimum absolute atomic E-state index is 0.193. The number of hydrogen-bond acceptors (Lipinski definition) is 7. The Morgan fingerprint density at radius 2 is 1.62 bits per heavy atom. The van der Waals surface area contributed by atoms with Crippen LogP contribution in [0.25, 0.3) is 0 Å². The molecule has 10 heteroatoms. The lowest BCUT2D eigenvalue weighted by molar-refractivity contribution is 0.0598. The number of aromatic amines is 1. The number of carbonyl (C=O) groups excluding carboxylic acids is 3. The molecule has 3 aromatic rings. The van der Waals surface area contributed by atoms with E-state index in [9.17, 15) is 14.4 Å². The summed E-state index contributed by atoms with van der Waals surface area (Å²) in [7, 11) is 1.29. The first kappa shape index (κ1) is 25.0. The third-order valence-electron chi connectivity index (χ3n) is 5.13. The predicted octanol–water partition coefficient (Wildman–Crippen LogP) is 3.45. The summed E-state index contributed by atoms with van der Waals surface area (Å²) in [6.45, 7) is 7.38. The number of ether oxygens (including phenoxy) is 1. The van der Waals surface area contributed by atoms with E-state index in [1.165, 1.54) is 18.9 Å². The Kier molecular flexibility index (Phi) is 8.06. The van der Waals surface area contributed by atoms with Gasteiger partial charge in [0.05, 0.1) is 12.7 Å². The normalized spacial score (nSPS) is 10.6. The second kappa shape index (κ2) is 11.0. The number of thioether (sulfide) groups is 1. The van der Waals surface area contributed by atoms with Crippen LogP contribution >= 0.6 is 11.8 Å². The average molecular weight is 482 g/mol. The quantitative estimate of drug-likeness (QED) is 0.204. The van der Waals surface area contributed by atoms with Crippen LogP contribution in [-0.2, 0) is 16.9 Å². The highest BCUT2D eigenvalue weighted by atomic mass is 32.2. The fourth-order valence-corrected chi connectivity index (χ4v) is 4.34. The van der Waals surface area contributed by atoms with Crippen molar-refractivity contribution in [3.8, 4) is 0 Å². The summed E-state index contributed by atoms with van der Waals surface area (Å²) < 4.78 is 4.80. The first-order valence-corrected chi connectivity index (χ1v) is 11.7. The Morgan fingerprint density at radius 3 is 2.21 bits per heavy atom. The van der Waals surface area contributed by atoms with Crippen LogP contribution in [-0.4, -0.2) is 39.8 Å². The summed E-state index contributed by atoms with van der Waals surface area (Å²) in [4.78, 5) is 48.9. The number of benzene rings is 1. The number of hydrazine groups is 1. The van der Waals surface area contributed by atoms with Gasteiger partial charge in [-0.1, -0.05) is 30.8 Å². The molecule has 0 fully saturated rings. The van der Waals surface area contributed by atoms with Crippen molar-refractivity contribution in [3.63, 3.8) is 0 Å². The maximum atomic E-state index is 12.6. The van der Waals surface area contributed by atoms with Gasteiger partial charge in [-0.15, -0.1) is 0 Å². The van der Waals surface area contributed by atoms with E-state index in [2.05, 4.69) is 25.8 Å². The molecule has 0 aliphatic rings. The summed E-state index contributed by atoms with van der Waals surface area (Å²) in [6.07, 6.45) is 0.519. The van der Waals surface area contributed by atoms with Crippen LogP contribution in [0, 0.1) is 20.8 Å². The zero-order chi connectivity index (χ0) is 24.8. The third kappa shape index (κ3) is 5.82. The lowest BCUT2D eigenvalue weighted by atomic mass is 10.1. The molecular formula is C24H27N5O4S. The number of carbonyl (C=O) groups is 3. The maximum absolute atomic E-state index is 12.6. The lowest BCUT2D eigenvalue weighted by Crippen LogP contribution is -2.42. The number of esters is 1. The summed E-state index contributed by atoms with van der Waals surface area (Å²) in [5.74, 6) is -0.873. The molecular weight excluding hydrogens is 454 g/mol. The SMILES string of the molecule is CCc1[nH]c(C(=O)NNC(=O)c2ccc(CSc3nc(C)cc(C)n3)cc2)c(C)c1C(=O)OC. The number of rotatable bonds is 7. The molecule has 2 heterocycles. The van der Waals surface area contributed by atoms with E-state index < -0.39 is 17.8 Å². The monoisotopic (exact) mass is 481 g/mol. The van der Waals surface area contributed by atoms with Crippen molar-refractivity contribution in [2.45, 2.75) is 45.0 Å². The molecule has 2 aromatic heterocycles. The minimum atomic E-state index is -0.558. The fourth-order valence-electron chi connectivity index (χ4n) is 3.44. The van der Waals surface area contributed by atoms with E-state index in [1.54, 1.807) is 19.1 Å². The van der Waals surface area contributed by atoms with Crippen molar-refractivity contribution in [1.29, 1.82) is 0 Å². The van der Waals surface area contributed by atoms with Gasteiger partial charge in [0.2, 0.25) is 0 Å². The van der Waals surface area contributed by atoms with Gasteiger partial charge in [0.15, 0.2) is 5.16 Å². The van der Waals surface area contributed by atoms with Crippen LogP contribution in [0.1, 0.15) is 66.3 Å². The third-order valence-corrected chi connectivity index (χ3v) is 6.05. The van der Waals surface area contributed by atoms with E-state index >= 15 is 0 Å². The Morgan fingerprint density at radius 1 is 1.00 bits per heavy atom. The number of aryl methyl sites for hydroxylation is 3. The van der Waals surface area contributed by atoms with Crippen molar-refractivity contribution in [2.24, 2.45) is 0 Å². The highest BCUT2D eigenvalue weighted by Gasteiger charge is 2.24. The van der Waals surface area contributed by atoms with Crippen molar-refractivity contribution in [2.75, 3.05) is 7.11 Å². The van der Waals surface area contributed by atoms with Crippen molar-refractivity contribution < 1.29 is 19.1 Å². The number of amides is 2. The number of H-pyrrole nitrogens is 1.